The number of carbonyl (C=O) groups excluding carboxylic acids is 3. The van der Waals surface area contributed by atoms with Crippen molar-refractivity contribution in [2.45, 2.75) is 50.4 Å². The fourth-order valence-electron chi connectivity index (χ4n) is 5.48. The molecule has 47 heavy (non-hydrogen) atoms. The third kappa shape index (κ3) is 6.68. The topological polar surface area (TPSA) is 143 Å². The van der Waals surface area contributed by atoms with Crippen molar-refractivity contribution in [1.29, 1.82) is 0 Å². The standard InChI is InChI=1S/C35H34N4O7S/c1-35(2,3)46-34(44)37-28-31(42)39-29(33(43)45-30(21-11-6-4-7-12-21)22-13-8-5-9-14-22)23(19-47-32(28)39)15-10-16-38-20-36-24-17-26(40)27(41)18-25(24)38/h4-15,17-18,20,28,30,32,40-41H,16,19H2,1-3H3,(H,37,44)/b15-10+/t28?,32-/m0/s1. The van der Waals surface area contributed by atoms with Crippen LogP contribution in [0.3, 0.4) is 0 Å². The summed E-state index contributed by atoms with van der Waals surface area (Å²) in [6.07, 6.45) is 3.73. The van der Waals surface area contributed by atoms with E-state index in [1.54, 1.807) is 37.7 Å². The number of allylic oxidation sites excluding steroid dienone is 2. The molecule has 0 radical (unpaired) electrons. The van der Waals surface area contributed by atoms with Crippen molar-refractivity contribution in [2.75, 3.05) is 5.75 Å². The number of nitrogens with one attached hydrogen (secondary N) is 1. The van der Waals surface area contributed by atoms with Crippen LogP contribution in [0.1, 0.15) is 38.0 Å². The highest BCUT2D eigenvalue weighted by atomic mass is 32.2. The number of hydrogen-bond acceptors (Lipinski definition) is 9. The van der Waals surface area contributed by atoms with Crippen LogP contribution < -0.4 is 5.32 Å². The zero-order valence-corrected chi connectivity index (χ0v) is 26.8. The maximum absolute atomic E-state index is 14.2. The molecule has 11 nitrogen and oxygen atoms in total. The number of carbonyl (C=O) groups is 3. The van der Waals surface area contributed by atoms with E-state index < -0.39 is 41.1 Å². The number of thioether (sulfide) groups is 1. The van der Waals surface area contributed by atoms with Gasteiger partial charge in [0.15, 0.2) is 17.6 Å². The summed E-state index contributed by atoms with van der Waals surface area (Å²) in [5, 5.41) is 21.9. The molecule has 2 amide bonds. The minimum absolute atomic E-state index is 0.104. The lowest BCUT2D eigenvalue weighted by atomic mass is 10.0. The first-order valence-corrected chi connectivity index (χ1v) is 16.1. The van der Waals surface area contributed by atoms with Crippen molar-refractivity contribution < 1.29 is 34.1 Å². The second-order valence-corrected chi connectivity index (χ2v) is 13.2. The van der Waals surface area contributed by atoms with Crippen LogP contribution in [0.4, 0.5) is 4.79 Å². The predicted molar refractivity (Wildman–Crippen MR) is 176 cm³/mol. The molecule has 242 valence electrons. The van der Waals surface area contributed by atoms with E-state index in [0.29, 0.717) is 28.9 Å². The van der Waals surface area contributed by atoms with E-state index in [2.05, 4.69) is 10.3 Å². The van der Waals surface area contributed by atoms with E-state index in [4.69, 9.17) is 9.47 Å². The number of imidazole rings is 1. The number of hydrogen-bond donors (Lipinski definition) is 3. The van der Waals surface area contributed by atoms with Gasteiger partial charge in [0.25, 0.3) is 5.91 Å². The van der Waals surface area contributed by atoms with Crippen LogP contribution >= 0.6 is 11.8 Å². The van der Waals surface area contributed by atoms with Crippen LogP contribution in [-0.2, 0) is 25.6 Å². The average Bonchev–Trinajstić information content (AvgIpc) is 3.43. The average molecular weight is 655 g/mol. The fourth-order valence-corrected chi connectivity index (χ4v) is 6.80. The number of nitrogens with zero attached hydrogens (tertiary/aromatic N) is 3. The number of β-lactam (4-membered cyclic amide) rings is 1. The van der Waals surface area contributed by atoms with Gasteiger partial charge in [-0.1, -0.05) is 72.8 Å². The van der Waals surface area contributed by atoms with E-state index in [0.717, 1.165) is 11.1 Å². The normalized spacial score (nSPS) is 18.0. The van der Waals surface area contributed by atoms with E-state index in [1.165, 1.54) is 28.8 Å². The second kappa shape index (κ2) is 12.9. The Hall–Kier alpha value is -5.23. The van der Waals surface area contributed by atoms with Crippen LogP contribution in [0.5, 0.6) is 11.5 Å². The Bertz CT molecular complexity index is 1840. The number of benzene rings is 3. The molecule has 12 heteroatoms. The van der Waals surface area contributed by atoms with Gasteiger partial charge in [-0.05, 0) is 37.5 Å². The summed E-state index contributed by atoms with van der Waals surface area (Å²) in [4.78, 5) is 45.9. The smallest absolute Gasteiger partial charge is 0.408 e. The molecule has 2 atom stereocenters. The minimum Gasteiger partial charge on any atom is -0.504 e. The van der Waals surface area contributed by atoms with Gasteiger partial charge in [0.1, 0.15) is 22.7 Å². The first-order valence-electron chi connectivity index (χ1n) is 15.0. The highest BCUT2D eigenvalue weighted by molar-refractivity contribution is 8.00. The number of rotatable bonds is 8. The van der Waals surface area contributed by atoms with Gasteiger partial charge in [0, 0.05) is 24.4 Å². The highest BCUT2D eigenvalue weighted by Crippen LogP contribution is 2.42. The Morgan fingerprint density at radius 2 is 1.68 bits per heavy atom. The van der Waals surface area contributed by atoms with Crippen molar-refractivity contribution in [3.63, 3.8) is 0 Å². The Morgan fingerprint density at radius 3 is 2.32 bits per heavy atom. The third-order valence-corrected chi connectivity index (χ3v) is 8.93. The van der Waals surface area contributed by atoms with Gasteiger partial charge in [0.05, 0.1) is 17.4 Å². The molecule has 3 N–H and O–H groups in total. The Balaban J connectivity index is 1.31. The number of aromatic hydroxyl groups is 2. The molecule has 1 unspecified atom stereocenters. The number of ether oxygens (including phenoxy) is 2. The van der Waals surface area contributed by atoms with Crippen LogP contribution in [0.2, 0.25) is 0 Å². The highest BCUT2D eigenvalue weighted by Gasteiger charge is 2.54. The number of phenols is 2. The lowest BCUT2D eigenvalue weighted by molar-refractivity contribution is -0.153. The van der Waals surface area contributed by atoms with Crippen LogP contribution in [0, 0.1) is 0 Å². The van der Waals surface area contributed by atoms with Crippen LogP contribution in [0.15, 0.2) is 103 Å². The summed E-state index contributed by atoms with van der Waals surface area (Å²) in [6, 6.07) is 20.7. The minimum atomic E-state index is -0.872. The zero-order valence-electron chi connectivity index (χ0n) is 26.0. The number of fused-ring (bicyclic) bond motifs is 2. The van der Waals surface area contributed by atoms with Crippen molar-refractivity contribution in [3.05, 3.63) is 114 Å². The van der Waals surface area contributed by atoms with Gasteiger partial charge in [-0.15, -0.1) is 11.8 Å². The Morgan fingerprint density at radius 1 is 1.04 bits per heavy atom. The molecule has 0 saturated carbocycles. The zero-order chi connectivity index (χ0) is 33.3. The van der Waals surface area contributed by atoms with Crippen molar-refractivity contribution >= 4 is 40.8 Å². The quantitative estimate of drug-likeness (QED) is 0.129. The lowest BCUT2D eigenvalue weighted by Crippen LogP contribution is -2.70. The second-order valence-electron chi connectivity index (χ2n) is 12.1. The molecule has 1 fully saturated rings. The Labute approximate surface area is 275 Å². The van der Waals surface area contributed by atoms with Crippen molar-refractivity contribution in [1.82, 2.24) is 19.8 Å². The maximum Gasteiger partial charge on any atom is 0.408 e. The monoisotopic (exact) mass is 654 g/mol. The third-order valence-electron chi connectivity index (χ3n) is 7.63. The molecule has 3 heterocycles. The molecular weight excluding hydrogens is 620 g/mol. The SMILES string of the molecule is CC(C)(C)OC(=O)NC1C(=O)N2C(C(=O)OC(c3ccccc3)c3ccccc3)=C(/C=C/Cn3cnc4cc(O)c(O)cc43)CS[C@@H]12. The first kappa shape index (κ1) is 31.7. The number of alkyl carbamates (subject to hydrolysis) is 1. The van der Waals surface area contributed by atoms with Gasteiger partial charge in [-0.3, -0.25) is 9.69 Å². The molecule has 0 spiro atoms. The summed E-state index contributed by atoms with van der Waals surface area (Å²) in [6.45, 7) is 5.54. The largest absolute Gasteiger partial charge is 0.504 e. The van der Waals surface area contributed by atoms with E-state index in [-0.39, 0.29) is 17.2 Å². The van der Waals surface area contributed by atoms with Crippen molar-refractivity contribution in [3.8, 4) is 11.5 Å². The predicted octanol–water partition coefficient (Wildman–Crippen LogP) is 5.40. The summed E-state index contributed by atoms with van der Waals surface area (Å²) in [5.41, 5.74) is 2.60. The van der Waals surface area contributed by atoms with Gasteiger partial charge in [0.2, 0.25) is 0 Å². The number of amides is 2. The van der Waals surface area contributed by atoms with Gasteiger partial charge in [-0.2, -0.15) is 0 Å². The molecule has 4 aromatic rings. The molecule has 6 rings (SSSR count). The summed E-state index contributed by atoms with van der Waals surface area (Å²) in [5.74, 6) is -1.28. The van der Waals surface area contributed by atoms with Crippen LogP contribution in [0.25, 0.3) is 11.0 Å². The summed E-state index contributed by atoms with van der Waals surface area (Å²) < 4.78 is 13.3. The number of aromatic nitrogens is 2. The van der Waals surface area contributed by atoms with Gasteiger partial charge >= 0.3 is 12.1 Å². The van der Waals surface area contributed by atoms with Gasteiger partial charge in [-0.25, -0.2) is 14.6 Å². The molecule has 0 bridgehead atoms. The maximum atomic E-state index is 14.2. The summed E-state index contributed by atoms with van der Waals surface area (Å²) >= 11 is 1.42. The van der Waals surface area contributed by atoms with E-state index in [9.17, 15) is 24.6 Å². The van der Waals surface area contributed by atoms with Crippen molar-refractivity contribution in [2.24, 2.45) is 0 Å². The number of phenolic OH excluding ortho intramolecular Hbond substituents is 2. The molecule has 2 aliphatic heterocycles. The van der Waals surface area contributed by atoms with E-state index in [1.807, 2.05) is 66.7 Å². The Kier molecular flexibility index (Phi) is 8.69. The first-order chi connectivity index (χ1) is 22.5. The molecule has 0 aliphatic carbocycles. The molecule has 1 aromatic heterocycles. The van der Waals surface area contributed by atoms with Crippen LogP contribution in [-0.4, -0.2) is 65.4 Å². The number of esters is 1. The lowest BCUT2D eigenvalue weighted by Gasteiger charge is -2.49. The molecule has 3 aromatic carbocycles. The van der Waals surface area contributed by atoms with Gasteiger partial charge < -0.3 is 29.6 Å². The van der Waals surface area contributed by atoms with E-state index >= 15 is 0 Å². The molecule has 2 aliphatic rings. The fraction of sp³-hybridized carbons (Fsp3) is 0.257. The molecule has 1 saturated heterocycles. The molecular formula is C35H34N4O7S. The summed E-state index contributed by atoms with van der Waals surface area (Å²) in [7, 11) is 0.